The molecule has 0 amide bonds. The fourth-order valence-electron chi connectivity index (χ4n) is 4.26. The fraction of sp³-hybridized carbons (Fsp3) is 0.130. The zero-order valence-corrected chi connectivity index (χ0v) is 16.3. The van der Waals surface area contributed by atoms with Crippen molar-refractivity contribution in [2.75, 3.05) is 6.79 Å². The van der Waals surface area contributed by atoms with Crippen molar-refractivity contribution in [2.24, 2.45) is 0 Å². The maximum absolute atomic E-state index is 5.66. The highest BCUT2D eigenvalue weighted by Gasteiger charge is 2.37. The number of benzene rings is 2. The predicted molar refractivity (Wildman–Crippen MR) is 112 cm³/mol. The first kappa shape index (κ1) is 16.6. The first-order valence-corrected chi connectivity index (χ1v) is 10.4. The Morgan fingerprint density at radius 3 is 2.76 bits per heavy atom. The molecule has 4 aromatic rings. The van der Waals surface area contributed by atoms with Crippen molar-refractivity contribution in [3.8, 4) is 22.9 Å². The second-order valence-electron chi connectivity index (χ2n) is 7.25. The molecule has 5 nitrogen and oxygen atoms in total. The number of H-pyrrole nitrogens is 1. The summed E-state index contributed by atoms with van der Waals surface area (Å²) in [6, 6.07) is 16.8. The number of aromatic amines is 1. The van der Waals surface area contributed by atoms with Crippen molar-refractivity contribution in [1.82, 2.24) is 15.2 Å². The number of ether oxygens (including phenoxy) is 2. The normalized spacial score (nSPS) is 19.3. The van der Waals surface area contributed by atoms with Gasteiger partial charge in [0.05, 0.1) is 5.51 Å². The smallest absolute Gasteiger partial charge is 0.231 e. The molecule has 0 radical (unpaired) electrons. The van der Waals surface area contributed by atoms with Crippen LogP contribution < -0.4 is 9.47 Å². The SMILES string of the molecule is C1=CC(c2ccccc2)(c2ccc3c(c2)OCO3)Cc2[nH]nc(-c3cscn3)c21. The summed E-state index contributed by atoms with van der Waals surface area (Å²) >= 11 is 1.58. The molecule has 0 saturated carbocycles. The summed E-state index contributed by atoms with van der Waals surface area (Å²) in [7, 11) is 0. The van der Waals surface area contributed by atoms with Crippen LogP contribution in [0.3, 0.4) is 0 Å². The molecule has 2 aliphatic rings. The van der Waals surface area contributed by atoms with Gasteiger partial charge in [-0.1, -0.05) is 48.6 Å². The molecule has 0 bridgehead atoms. The Morgan fingerprint density at radius 1 is 1.00 bits per heavy atom. The minimum atomic E-state index is -0.318. The van der Waals surface area contributed by atoms with Crippen LogP contribution in [0.1, 0.15) is 22.4 Å². The maximum atomic E-state index is 5.66. The van der Waals surface area contributed by atoms with Gasteiger partial charge in [-0.3, -0.25) is 5.10 Å². The predicted octanol–water partition coefficient (Wildman–Crippen LogP) is 4.82. The van der Waals surface area contributed by atoms with Crippen LogP contribution in [0.25, 0.3) is 17.5 Å². The van der Waals surface area contributed by atoms with Gasteiger partial charge in [0.1, 0.15) is 11.4 Å². The zero-order valence-electron chi connectivity index (χ0n) is 15.5. The molecule has 29 heavy (non-hydrogen) atoms. The van der Waals surface area contributed by atoms with Gasteiger partial charge >= 0.3 is 0 Å². The molecular weight excluding hydrogens is 382 g/mol. The van der Waals surface area contributed by atoms with Crippen molar-refractivity contribution in [3.63, 3.8) is 0 Å². The molecule has 2 aromatic carbocycles. The lowest BCUT2D eigenvalue weighted by atomic mass is 9.68. The van der Waals surface area contributed by atoms with Gasteiger partial charge in [0, 0.05) is 28.5 Å². The monoisotopic (exact) mass is 399 g/mol. The Labute approximate surface area is 171 Å². The van der Waals surface area contributed by atoms with Crippen molar-refractivity contribution in [3.05, 3.63) is 87.9 Å². The van der Waals surface area contributed by atoms with Crippen molar-refractivity contribution < 1.29 is 9.47 Å². The Morgan fingerprint density at radius 2 is 1.90 bits per heavy atom. The molecule has 2 aromatic heterocycles. The van der Waals surface area contributed by atoms with Crippen LogP contribution in [0.2, 0.25) is 0 Å². The van der Waals surface area contributed by atoms with Gasteiger partial charge in [-0.05, 0) is 23.3 Å². The quantitative estimate of drug-likeness (QED) is 0.537. The third kappa shape index (κ3) is 2.53. The molecule has 1 unspecified atom stereocenters. The first-order chi connectivity index (χ1) is 14.3. The van der Waals surface area contributed by atoms with Gasteiger partial charge in [-0.2, -0.15) is 5.10 Å². The van der Waals surface area contributed by atoms with Crippen LogP contribution in [-0.2, 0) is 11.8 Å². The summed E-state index contributed by atoms with van der Waals surface area (Å²) < 4.78 is 11.2. The molecule has 6 heteroatoms. The lowest BCUT2D eigenvalue weighted by Gasteiger charge is -2.34. The van der Waals surface area contributed by atoms with Crippen molar-refractivity contribution in [2.45, 2.75) is 11.8 Å². The molecule has 3 heterocycles. The van der Waals surface area contributed by atoms with E-state index in [9.17, 15) is 0 Å². The zero-order chi connectivity index (χ0) is 19.3. The minimum absolute atomic E-state index is 0.272. The van der Waals surface area contributed by atoms with Crippen molar-refractivity contribution in [1.29, 1.82) is 0 Å². The van der Waals surface area contributed by atoms with Gasteiger partial charge in [0.2, 0.25) is 6.79 Å². The number of hydrogen-bond donors (Lipinski definition) is 1. The van der Waals surface area contributed by atoms with Gasteiger partial charge in [-0.15, -0.1) is 11.3 Å². The number of nitrogens with one attached hydrogen (secondary N) is 1. The molecule has 1 N–H and O–H groups in total. The van der Waals surface area contributed by atoms with Crippen LogP contribution in [0.15, 0.2) is 65.5 Å². The summed E-state index contributed by atoms with van der Waals surface area (Å²) in [4.78, 5) is 4.43. The Hall–Kier alpha value is -3.38. The van der Waals surface area contributed by atoms with Crippen LogP contribution in [0.5, 0.6) is 11.5 Å². The van der Waals surface area contributed by atoms with E-state index in [2.05, 4.69) is 63.7 Å². The highest BCUT2D eigenvalue weighted by molar-refractivity contribution is 7.07. The Bertz CT molecular complexity index is 1210. The van der Waals surface area contributed by atoms with Gasteiger partial charge < -0.3 is 9.47 Å². The van der Waals surface area contributed by atoms with E-state index in [1.165, 1.54) is 11.1 Å². The van der Waals surface area contributed by atoms with E-state index < -0.39 is 0 Å². The third-order valence-corrected chi connectivity index (χ3v) is 6.31. The number of hydrogen-bond acceptors (Lipinski definition) is 5. The number of thiazole rings is 1. The summed E-state index contributed by atoms with van der Waals surface area (Å²) in [5, 5.41) is 9.87. The van der Waals surface area contributed by atoms with E-state index in [0.717, 1.165) is 40.6 Å². The topological polar surface area (TPSA) is 60.0 Å². The van der Waals surface area contributed by atoms with Crippen molar-refractivity contribution >= 4 is 17.4 Å². The summed E-state index contributed by atoms with van der Waals surface area (Å²) in [5.74, 6) is 1.59. The van der Waals surface area contributed by atoms with Crippen LogP contribution >= 0.6 is 11.3 Å². The van der Waals surface area contributed by atoms with Gasteiger partial charge in [0.25, 0.3) is 0 Å². The highest BCUT2D eigenvalue weighted by atomic mass is 32.1. The fourth-order valence-corrected chi connectivity index (χ4v) is 4.80. The first-order valence-electron chi connectivity index (χ1n) is 9.44. The molecule has 0 saturated heterocycles. The number of nitrogens with zero attached hydrogens (tertiary/aromatic N) is 2. The van der Waals surface area contributed by atoms with E-state index in [1.807, 2.05) is 23.0 Å². The van der Waals surface area contributed by atoms with Crippen LogP contribution in [0, 0.1) is 0 Å². The average Bonchev–Trinajstić information content (AvgIpc) is 3.53. The van der Waals surface area contributed by atoms with Gasteiger partial charge in [0.15, 0.2) is 11.5 Å². The largest absolute Gasteiger partial charge is 0.454 e. The third-order valence-electron chi connectivity index (χ3n) is 5.72. The van der Waals surface area contributed by atoms with E-state index in [0.29, 0.717) is 0 Å². The standard InChI is InChI=1S/C23H17N3O2S/c1-2-4-15(5-3-1)23(16-6-7-20-21(10-16)28-14-27-20)9-8-17-18(11-23)25-26-22(17)19-12-29-13-24-19/h1-10,12-13H,11,14H2,(H,25,26). The summed E-state index contributed by atoms with van der Waals surface area (Å²) in [6.45, 7) is 0.272. The number of allylic oxidation sites excluding steroid dienone is 1. The van der Waals surface area contributed by atoms with Crippen LogP contribution in [-0.4, -0.2) is 22.0 Å². The molecule has 0 spiro atoms. The molecule has 0 fully saturated rings. The molecular formula is C23H17N3O2S. The minimum Gasteiger partial charge on any atom is -0.454 e. The highest BCUT2D eigenvalue weighted by Crippen LogP contribution is 2.45. The average molecular weight is 399 g/mol. The molecule has 142 valence electrons. The second kappa shape index (κ2) is 6.32. The number of fused-ring (bicyclic) bond motifs is 2. The summed E-state index contributed by atoms with van der Waals surface area (Å²) in [6.07, 6.45) is 5.24. The number of aromatic nitrogens is 3. The van der Waals surface area contributed by atoms with E-state index in [4.69, 9.17) is 9.47 Å². The van der Waals surface area contributed by atoms with Crippen LogP contribution in [0.4, 0.5) is 0 Å². The van der Waals surface area contributed by atoms with E-state index in [1.54, 1.807) is 11.3 Å². The van der Waals surface area contributed by atoms with Gasteiger partial charge in [-0.25, -0.2) is 4.98 Å². The lowest BCUT2D eigenvalue weighted by Crippen LogP contribution is -2.30. The molecule has 6 rings (SSSR count). The summed E-state index contributed by atoms with van der Waals surface area (Å²) in [5.41, 5.74) is 7.95. The maximum Gasteiger partial charge on any atom is 0.231 e. The second-order valence-corrected chi connectivity index (χ2v) is 7.97. The molecule has 1 aliphatic carbocycles. The number of rotatable bonds is 3. The lowest BCUT2D eigenvalue weighted by molar-refractivity contribution is 0.174. The Kier molecular flexibility index (Phi) is 3.61. The van der Waals surface area contributed by atoms with E-state index in [-0.39, 0.29) is 12.2 Å². The van der Waals surface area contributed by atoms with E-state index >= 15 is 0 Å². The molecule has 1 aliphatic heterocycles. The Balaban J connectivity index is 1.51. The molecule has 1 atom stereocenters.